The Kier molecular flexibility index (Phi) is 5.86. The van der Waals surface area contributed by atoms with Crippen molar-refractivity contribution in [1.82, 2.24) is 4.72 Å². The van der Waals surface area contributed by atoms with Gasteiger partial charge in [-0.2, -0.15) is 0 Å². The predicted octanol–water partition coefficient (Wildman–Crippen LogP) is -0.164. The molecule has 0 radical (unpaired) electrons. The minimum absolute atomic E-state index is 0.0414. The van der Waals surface area contributed by atoms with E-state index in [0.717, 1.165) is 0 Å². The summed E-state index contributed by atoms with van der Waals surface area (Å²) in [5.74, 6) is -0.222. The molecule has 0 spiro atoms. The number of amides is 1. The van der Waals surface area contributed by atoms with E-state index in [0.29, 0.717) is 11.1 Å². The van der Waals surface area contributed by atoms with Gasteiger partial charge in [-0.3, -0.25) is 0 Å². The molecule has 20 heavy (non-hydrogen) atoms. The van der Waals surface area contributed by atoms with Gasteiger partial charge in [0.05, 0.1) is 5.75 Å². The van der Waals surface area contributed by atoms with Gasteiger partial charge in [0.1, 0.15) is 11.6 Å². The second-order valence-corrected chi connectivity index (χ2v) is 6.13. The summed E-state index contributed by atoms with van der Waals surface area (Å²) in [4.78, 5) is 10.5. The lowest BCUT2D eigenvalue weighted by Gasteiger charge is -2.08. The molecule has 1 rings (SSSR count). The molecule has 0 heterocycles. The zero-order valence-electron chi connectivity index (χ0n) is 10.5. The van der Waals surface area contributed by atoms with Crippen molar-refractivity contribution in [2.24, 2.45) is 11.5 Å². The van der Waals surface area contributed by atoms with E-state index >= 15 is 0 Å². The van der Waals surface area contributed by atoms with Crippen molar-refractivity contribution < 1.29 is 17.9 Å². The Balaban J connectivity index is 2.60. The molecular weight excluding hydrogens is 302 g/mol. The van der Waals surface area contributed by atoms with Crippen LogP contribution in [0.3, 0.4) is 0 Å². The Morgan fingerprint density at radius 2 is 2.05 bits per heavy atom. The Bertz CT molecular complexity index is 601. The molecule has 0 bridgehead atoms. The predicted molar refractivity (Wildman–Crippen MR) is 78.5 cm³/mol. The molecule has 5 N–H and O–H groups in total. The van der Waals surface area contributed by atoms with Crippen molar-refractivity contribution in [3.8, 4) is 0 Å². The van der Waals surface area contributed by atoms with E-state index in [1.165, 1.54) is 0 Å². The van der Waals surface area contributed by atoms with Gasteiger partial charge in [0.2, 0.25) is 10.0 Å². The number of carbonyl (C=O) groups is 1. The number of ether oxygens (including phenoxy) is 1. The van der Waals surface area contributed by atoms with E-state index in [4.69, 9.17) is 23.7 Å². The number of nitrogens with two attached hydrogens (primary N) is 2. The second kappa shape index (κ2) is 7.17. The molecule has 0 aliphatic rings. The number of rotatable bonds is 7. The van der Waals surface area contributed by atoms with Crippen molar-refractivity contribution in [3.63, 3.8) is 0 Å². The Labute approximate surface area is 122 Å². The van der Waals surface area contributed by atoms with Gasteiger partial charge in [0.25, 0.3) is 0 Å². The molecule has 0 unspecified atom stereocenters. The standard InChI is InChI=1S/C11H15N3O4S2/c12-10(19)9-3-1-2-8(6-9)7-20(16,17)14-4-5-18-11(13)15/h1-3,6,14H,4-5,7H2,(H2,12,19)(H2,13,15). The highest BCUT2D eigenvalue weighted by Gasteiger charge is 2.12. The fourth-order valence-corrected chi connectivity index (χ4v) is 2.68. The number of primary amides is 1. The quantitative estimate of drug-likeness (QED) is 0.474. The van der Waals surface area contributed by atoms with E-state index in [2.05, 4.69) is 9.46 Å². The van der Waals surface area contributed by atoms with Crippen LogP contribution in [0.15, 0.2) is 24.3 Å². The van der Waals surface area contributed by atoms with E-state index < -0.39 is 16.1 Å². The highest BCUT2D eigenvalue weighted by Crippen LogP contribution is 2.08. The molecular formula is C11H15N3O4S2. The third-order valence-electron chi connectivity index (χ3n) is 2.24. The molecule has 7 nitrogen and oxygen atoms in total. The fourth-order valence-electron chi connectivity index (χ4n) is 1.43. The zero-order valence-corrected chi connectivity index (χ0v) is 12.2. The van der Waals surface area contributed by atoms with Crippen LogP contribution < -0.4 is 16.2 Å². The van der Waals surface area contributed by atoms with E-state index in [1.54, 1.807) is 24.3 Å². The van der Waals surface area contributed by atoms with Crippen molar-refractivity contribution in [2.75, 3.05) is 13.2 Å². The van der Waals surface area contributed by atoms with Crippen LogP contribution in [0.1, 0.15) is 11.1 Å². The van der Waals surface area contributed by atoms with Gasteiger partial charge >= 0.3 is 6.09 Å². The van der Waals surface area contributed by atoms with E-state index in [1.807, 2.05) is 0 Å². The molecule has 1 amide bonds. The number of nitrogens with one attached hydrogen (secondary N) is 1. The summed E-state index contributed by atoms with van der Waals surface area (Å²) in [6.45, 7) is -0.165. The number of thiocarbonyl (C=S) groups is 1. The molecule has 0 fully saturated rings. The first-order valence-electron chi connectivity index (χ1n) is 5.58. The van der Waals surface area contributed by atoms with E-state index in [9.17, 15) is 13.2 Å². The minimum Gasteiger partial charge on any atom is -0.448 e. The molecule has 0 aliphatic carbocycles. The first-order valence-corrected chi connectivity index (χ1v) is 7.64. The summed E-state index contributed by atoms with van der Waals surface area (Å²) in [6, 6.07) is 6.64. The fraction of sp³-hybridized carbons (Fsp3) is 0.273. The summed E-state index contributed by atoms with van der Waals surface area (Å²) in [6.07, 6.45) is -0.951. The van der Waals surface area contributed by atoms with Crippen LogP contribution in [0.4, 0.5) is 4.79 Å². The van der Waals surface area contributed by atoms with Crippen LogP contribution in [0.5, 0.6) is 0 Å². The lowest BCUT2D eigenvalue weighted by atomic mass is 10.1. The largest absolute Gasteiger partial charge is 0.448 e. The van der Waals surface area contributed by atoms with Crippen LogP contribution in [0.25, 0.3) is 0 Å². The molecule has 0 aromatic heterocycles. The molecule has 0 aliphatic heterocycles. The van der Waals surface area contributed by atoms with Gasteiger partial charge in [-0.05, 0) is 11.6 Å². The third kappa shape index (κ3) is 5.95. The first-order chi connectivity index (χ1) is 9.30. The number of carbonyl (C=O) groups excluding carboxylic acids is 1. The summed E-state index contributed by atoms with van der Waals surface area (Å²) < 4.78 is 30.3. The zero-order chi connectivity index (χ0) is 15.2. The minimum atomic E-state index is -3.54. The highest BCUT2D eigenvalue weighted by atomic mass is 32.2. The lowest BCUT2D eigenvalue weighted by Crippen LogP contribution is -2.30. The SMILES string of the molecule is NC(=O)OCCNS(=O)(=O)Cc1cccc(C(N)=S)c1. The van der Waals surface area contributed by atoms with E-state index in [-0.39, 0.29) is 23.9 Å². The molecule has 0 saturated heterocycles. The van der Waals surface area contributed by atoms with Gasteiger partial charge in [-0.15, -0.1) is 0 Å². The molecule has 0 atom stereocenters. The van der Waals surface area contributed by atoms with Gasteiger partial charge in [-0.1, -0.05) is 30.4 Å². The number of hydrogen-bond donors (Lipinski definition) is 3. The molecule has 1 aromatic carbocycles. The Morgan fingerprint density at radius 3 is 2.65 bits per heavy atom. The molecule has 1 aromatic rings. The highest BCUT2D eigenvalue weighted by molar-refractivity contribution is 7.88. The maximum absolute atomic E-state index is 11.8. The number of sulfonamides is 1. The van der Waals surface area contributed by atoms with Crippen molar-refractivity contribution in [2.45, 2.75) is 5.75 Å². The number of hydrogen-bond acceptors (Lipinski definition) is 5. The second-order valence-electron chi connectivity index (χ2n) is 3.89. The number of benzene rings is 1. The van der Waals surface area contributed by atoms with Crippen LogP contribution in [-0.4, -0.2) is 32.7 Å². The first kappa shape index (κ1) is 16.3. The van der Waals surface area contributed by atoms with Gasteiger partial charge < -0.3 is 16.2 Å². The summed E-state index contributed by atoms with van der Waals surface area (Å²) in [5, 5.41) is 0. The average molecular weight is 317 g/mol. The smallest absolute Gasteiger partial charge is 0.404 e. The average Bonchev–Trinajstić information content (AvgIpc) is 2.34. The third-order valence-corrected chi connectivity index (χ3v) is 3.83. The topological polar surface area (TPSA) is 125 Å². The van der Waals surface area contributed by atoms with Crippen LogP contribution in [-0.2, 0) is 20.5 Å². The van der Waals surface area contributed by atoms with Crippen molar-refractivity contribution in [3.05, 3.63) is 35.4 Å². The maximum atomic E-state index is 11.8. The summed E-state index contributed by atoms with van der Waals surface area (Å²) in [7, 11) is -3.54. The molecule has 110 valence electrons. The monoisotopic (exact) mass is 317 g/mol. The van der Waals surface area contributed by atoms with Gasteiger partial charge in [-0.25, -0.2) is 17.9 Å². The Hall–Kier alpha value is -1.71. The maximum Gasteiger partial charge on any atom is 0.404 e. The van der Waals surface area contributed by atoms with Crippen LogP contribution in [0.2, 0.25) is 0 Å². The summed E-state index contributed by atoms with van der Waals surface area (Å²) in [5.41, 5.74) is 11.4. The van der Waals surface area contributed by atoms with Gasteiger partial charge in [0.15, 0.2) is 0 Å². The normalized spacial score (nSPS) is 11.0. The Morgan fingerprint density at radius 1 is 1.35 bits per heavy atom. The van der Waals surface area contributed by atoms with Crippen LogP contribution in [0, 0.1) is 0 Å². The van der Waals surface area contributed by atoms with Crippen LogP contribution >= 0.6 is 12.2 Å². The molecule has 0 saturated carbocycles. The lowest BCUT2D eigenvalue weighted by molar-refractivity contribution is 0.159. The summed E-state index contributed by atoms with van der Waals surface area (Å²) >= 11 is 4.83. The van der Waals surface area contributed by atoms with Crippen molar-refractivity contribution >= 4 is 33.3 Å². The molecule has 9 heteroatoms. The van der Waals surface area contributed by atoms with Gasteiger partial charge in [0, 0.05) is 12.1 Å². The van der Waals surface area contributed by atoms with Crippen molar-refractivity contribution in [1.29, 1.82) is 0 Å².